The quantitative estimate of drug-likeness (QED) is 0.293. The molecule has 0 radical (unpaired) electrons. The summed E-state index contributed by atoms with van der Waals surface area (Å²) in [5.41, 5.74) is 6.45. The van der Waals surface area contributed by atoms with Gasteiger partial charge in [-0.2, -0.15) is 0 Å². The van der Waals surface area contributed by atoms with E-state index in [2.05, 4.69) is 46.4 Å². The van der Waals surface area contributed by atoms with Crippen LogP contribution in [0.25, 0.3) is 22.3 Å². The molecular weight excluding hydrogens is 404 g/mol. The molecule has 0 saturated carbocycles. The number of rotatable bonds is 6. The zero-order valence-electron chi connectivity index (χ0n) is 18.3. The Morgan fingerprint density at radius 3 is 1.62 bits per heavy atom. The molecule has 3 aromatic carbocycles. The van der Waals surface area contributed by atoms with E-state index in [1.165, 1.54) is 18.1 Å². The summed E-state index contributed by atoms with van der Waals surface area (Å²) in [5, 5.41) is 19.4. The van der Waals surface area contributed by atoms with E-state index in [0.29, 0.717) is 17.8 Å². The highest BCUT2D eigenvalue weighted by Crippen LogP contribution is 2.25. The van der Waals surface area contributed by atoms with E-state index in [-0.39, 0.29) is 0 Å². The summed E-state index contributed by atoms with van der Waals surface area (Å²) in [6.07, 6.45) is 0.332. The first-order chi connectivity index (χ1) is 15.3. The fraction of sp³-hybridized carbons (Fsp3) is 0.154. The minimum atomic E-state index is -0.833. The lowest BCUT2D eigenvalue weighted by Crippen LogP contribution is -2.06. The molecule has 0 atom stereocenters. The molecule has 0 saturated heterocycles. The van der Waals surface area contributed by atoms with Crippen molar-refractivity contribution >= 4 is 23.4 Å². The van der Waals surface area contributed by atoms with Gasteiger partial charge < -0.3 is 15.4 Å². The standard InChI is InChI=1S/C24H22N2O2.C2H4O2/c1-17(26-28-18(2)27)16-24(25)23-14-12-22(13-15-23)21-10-8-20(9-11-21)19-6-4-3-5-7-19;1-2(3)4/h3-15,25H,16H2,1-2H3;1H3,(H,3,4)/b25-24?,26-17+;. The molecule has 0 aromatic heterocycles. The summed E-state index contributed by atoms with van der Waals surface area (Å²) < 4.78 is 0. The van der Waals surface area contributed by atoms with Crippen molar-refractivity contribution in [2.45, 2.75) is 27.2 Å². The number of hydrogen-bond donors (Lipinski definition) is 2. The molecule has 32 heavy (non-hydrogen) atoms. The molecule has 2 N–H and O–H groups in total. The number of benzene rings is 3. The average Bonchev–Trinajstić information content (AvgIpc) is 2.78. The molecule has 0 spiro atoms. The third-order valence-corrected chi connectivity index (χ3v) is 4.32. The van der Waals surface area contributed by atoms with Crippen molar-refractivity contribution in [1.82, 2.24) is 0 Å². The molecule has 0 aliphatic carbocycles. The second-order valence-corrected chi connectivity index (χ2v) is 7.10. The molecular formula is C26H26N2O4. The lowest BCUT2D eigenvalue weighted by Gasteiger charge is -2.07. The van der Waals surface area contributed by atoms with E-state index < -0.39 is 11.9 Å². The first-order valence-corrected chi connectivity index (χ1v) is 10.0. The number of carboxylic acids is 1. The van der Waals surface area contributed by atoms with Crippen molar-refractivity contribution in [1.29, 1.82) is 5.41 Å². The highest BCUT2D eigenvalue weighted by atomic mass is 16.7. The highest BCUT2D eigenvalue weighted by molar-refractivity contribution is 6.10. The van der Waals surface area contributed by atoms with Crippen LogP contribution in [0.4, 0.5) is 0 Å². The maximum Gasteiger partial charge on any atom is 0.331 e. The Hall–Kier alpha value is -4.06. The summed E-state index contributed by atoms with van der Waals surface area (Å²) >= 11 is 0. The van der Waals surface area contributed by atoms with E-state index in [0.717, 1.165) is 23.6 Å². The van der Waals surface area contributed by atoms with Gasteiger partial charge in [0.2, 0.25) is 0 Å². The van der Waals surface area contributed by atoms with Gasteiger partial charge in [-0.15, -0.1) is 0 Å². The van der Waals surface area contributed by atoms with E-state index >= 15 is 0 Å². The monoisotopic (exact) mass is 430 g/mol. The Morgan fingerprint density at radius 1 is 0.781 bits per heavy atom. The van der Waals surface area contributed by atoms with Crippen LogP contribution in [0, 0.1) is 5.41 Å². The Balaban J connectivity index is 0.000000837. The van der Waals surface area contributed by atoms with E-state index in [1.54, 1.807) is 6.92 Å². The van der Waals surface area contributed by atoms with Crippen LogP contribution in [0.1, 0.15) is 32.8 Å². The molecule has 6 heteroatoms. The van der Waals surface area contributed by atoms with E-state index in [1.807, 2.05) is 42.5 Å². The number of nitrogens with one attached hydrogen (secondary N) is 1. The molecule has 0 amide bonds. The fourth-order valence-corrected chi connectivity index (χ4v) is 2.88. The fourth-order valence-electron chi connectivity index (χ4n) is 2.88. The van der Waals surface area contributed by atoms with Gasteiger partial charge in [0.15, 0.2) is 0 Å². The summed E-state index contributed by atoms with van der Waals surface area (Å²) in [7, 11) is 0. The minimum absolute atomic E-state index is 0.332. The average molecular weight is 431 g/mol. The summed E-state index contributed by atoms with van der Waals surface area (Å²) in [6.45, 7) is 4.12. The maximum atomic E-state index is 10.8. The number of carbonyl (C=O) groups is 2. The van der Waals surface area contributed by atoms with E-state index in [4.69, 9.17) is 15.3 Å². The van der Waals surface area contributed by atoms with Crippen LogP contribution in [0.15, 0.2) is 84.0 Å². The SMILES string of the molecule is CC(=O)O.CC(=O)O/N=C(\C)CC(=N)c1ccc(-c2ccc(-c3ccccc3)cc2)cc1. The number of carbonyl (C=O) groups excluding carboxylic acids is 1. The van der Waals surface area contributed by atoms with Gasteiger partial charge in [-0.1, -0.05) is 84.0 Å². The van der Waals surface area contributed by atoms with Gasteiger partial charge in [-0.3, -0.25) is 4.79 Å². The van der Waals surface area contributed by atoms with Gasteiger partial charge in [0.1, 0.15) is 0 Å². The number of hydrogen-bond acceptors (Lipinski definition) is 5. The van der Waals surface area contributed by atoms with Crippen LogP contribution < -0.4 is 0 Å². The Bertz CT molecular complexity index is 1080. The van der Waals surface area contributed by atoms with Crippen LogP contribution in [-0.2, 0) is 14.4 Å². The third kappa shape index (κ3) is 7.99. The van der Waals surface area contributed by atoms with Crippen molar-refractivity contribution in [3.63, 3.8) is 0 Å². The van der Waals surface area contributed by atoms with Crippen molar-refractivity contribution in [2.75, 3.05) is 0 Å². The first-order valence-electron chi connectivity index (χ1n) is 10.0. The summed E-state index contributed by atoms with van der Waals surface area (Å²) in [6, 6.07) is 26.6. The molecule has 0 bridgehead atoms. The molecule has 0 heterocycles. The smallest absolute Gasteiger partial charge is 0.331 e. The van der Waals surface area contributed by atoms with E-state index in [9.17, 15) is 4.79 Å². The van der Waals surface area contributed by atoms with Crippen molar-refractivity contribution in [3.8, 4) is 22.3 Å². The molecule has 0 aliphatic rings. The highest BCUT2D eigenvalue weighted by Gasteiger charge is 2.06. The van der Waals surface area contributed by atoms with Gasteiger partial charge in [0.05, 0.1) is 5.71 Å². The van der Waals surface area contributed by atoms with Gasteiger partial charge in [-0.25, -0.2) is 4.79 Å². The molecule has 3 aromatic rings. The molecule has 0 aliphatic heterocycles. The van der Waals surface area contributed by atoms with Crippen LogP contribution in [0.5, 0.6) is 0 Å². The zero-order valence-corrected chi connectivity index (χ0v) is 18.3. The minimum Gasteiger partial charge on any atom is -0.481 e. The molecule has 3 rings (SSSR count). The number of aliphatic carboxylic acids is 1. The second-order valence-electron chi connectivity index (χ2n) is 7.10. The lowest BCUT2D eigenvalue weighted by molar-refractivity contribution is -0.141. The molecule has 164 valence electrons. The van der Waals surface area contributed by atoms with Crippen molar-refractivity contribution < 1.29 is 19.5 Å². The lowest BCUT2D eigenvalue weighted by atomic mass is 9.98. The van der Waals surface area contributed by atoms with Gasteiger partial charge in [-0.05, 0) is 34.7 Å². The predicted molar refractivity (Wildman–Crippen MR) is 127 cm³/mol. The maximum absolute atomic E-state index is 10.8. The van der Waals surface area contributed by atoms with Gasteiger partial charge >= 0.3 is 5.97 Å². The third-order valence-electron chi connectivity index (χ3n) is 4.32. The van der Waals surface area contributed by atoms with Gasteiger partial charge in [0, 0.05) is 26.0 Å². The van der Waals surface area contributed by atoms with Crippen LogP contribution in [0.3, 0.4) is 0 Å². The predicted octanol–water partition coefficient (Wildman–Crippen LogP) is 5.81. The first kappa shape index (κ1) is 24.2. The Morgan fingerprint density at radius 2 is 1.19 bits per heavy atom. The molecule has 6 nitrogen and oxygen atoms in total. The molecule has 0 fully saturated rings. The normalized spacial score (nSPS) is 10.5. The van der Waals surface area contributed by atoms with Crippen molar-refractivity contribution in [3.05, 3.63) is 84.4 Å². The molecule has 0 unspecified atom stereocenters. The van der Waals surface area contributed by atoms with Crippen LogP contribution in [-0.4, -0.2) is 28.5 Å². The second kappa shape index (κ2) is 12.0. The van der Waals surface area contributed by atoms with Crippen LogP contribution in [0.2, 0.25) is 0 Å². The number of nitrogens with zero attached hydrogens (tertiary/aromatic N) is 1. The number of carboxylic acid groups (broad SMARTS) is 1. The summed E-state index contributed by atoms with van der Waals surface area (Å²) in [4.78, 5) is 24.4. The van der Waals surface area contributed by atoms with Crippen LogP contribution >= 0.6 is 0 Å². The van der Waals surface area contributed by atoms with Crippen molar-refractivity contribution in [2.24, 2.45) is 5.16 Å². The number of oxime groups is 1. The topological polar surface area (TPSA) is 99.8 Å². The Kier molecular flexibility index (Phi) is 9.05. The Labute approximate surface area is 187 Å². The summed E-state index contributed by atoms with van der Waals surface area (Å²) in [5.74, 6) is -1.30. The zero-order chi connectivity index (χ0) is 23.5. The van der Waals surface area contributed by atoms with Gasteiger partial charge in [0.25, 0.3) is 5.97 Å². The largest absolute Gasteiger partial charge is 0.481 e.